The SMILES string of the molecule is CCCC(=O)Nc1ccc(Cl)c(NC(=O)Nc2cccc(Cl)c2)c1. The van der Waals surface area contributed by atoms with E-state index in [1.807, 2.05) is 6.92 Å². The van der Waals surface area contributed by atoms with Crippen LogP contribution < -0.4 is 16.0 Å². The van der Waals surface area contributed by atoms with Gasteiger partial charge in [-0.1, -0.05) is 36.2 Å². The maximum Gasteiger partial charge on any atom is 0.323 e. The van der Waals surface area contributed by atoms with Crippen LogP contribution in [0, 0.1) is 0 Å². The highest BCUT2D eigenvalue weighted by atomic mass is 35.5. The predicted molar refractivity (Wildman–Crippen MR) is 99.1 cm³/mol. The lowest BCUT2D eigenvalue weighted by Crippen LogP contribution is -2.20. The van der Waals surface area contributed by atoms with E-state index in [9.17, 15) is 9.59 Å². The summed E-state index contributed by atoms with van der Waals surface area (Å²) < 4.78 is 0. The summed E-state index contributed by atoms with van der Waals surface area (Å²) in [6.45, 7) is 1.93. The summed E-state index contributed by atoms with van der Waals surface area (Å²) in [6.07, 6.45) is 1.19. The molecule has 2 aromatic rings. The molecule has 3 amide bonds. The van der Waals surface area contributed by atoms with Crippen molar-refractivity contribution in [1.29, 1.82) is 0 Å². The standard InChI is InChI=1S/C17H17Cl2N3O2/c1-2-4-16(23)20-13-7-8-14(19)15(10-13)22-17(24)21-12-6-3-5-11(18)9-12/h3,5-10H,2,4H2,1H3,(H,20,23)(H2,21,22,24). The van der Waals surface area contributed by atoms with E-state index in [1.54, 1.807) is 42.5 Å². The Morgan fingerprint density at radius 3 is 2.42 bits per heavy atom. The molecule has 0 aliphatic carbocycles. The highest BCUT2D eigenvalue weighted by Gasteiger charge is 2.09. The molecule has 0 atom stereocenters. The fourth-order valence-electron chi connectivity index (χ4n) is 2.00. The third-order valence-corrected chi connectivity index (χ3v) is 3.62. The van der Waals surface area contributed by atoms with E-state index >= 15 is 0 Å². The van der Waals surface area contributed by atoms with Gasteiger partial charge in [-0.15, -0.1) is 0 Å². The van der Waals surface area contributed by atoms with Crippen LogP contribution in [0.4, 0.5) is 21.9 Å². The molecule has 2 aromatic carbocycles. The molecule has 24 heavy (non-hydrogen) atoms. The van der Waals surface area contributed by atoms with Crippen LogP contribution in [0.25, 0.3) is 0 Å². The Morgan fingerprint density at radius 1 is 0.958 bits per heavy atom. The number of benzene rings is 2. The lowest BCUT2D eigenvalue weighted by molar-refractivity contribution is -0.116. The largest absolute Gasteiger partial charge is 0.326 e. The quantitative estimate of drug-likeness (QED) is 0.665. The zero-order valence-corrected chi connectivity index (χ0v) is 14.5. The molecule has 0 fully saturated rings. The molecule has 3 N–H and O–H groups in total. The van der Waals surface area contributed by atoms with Crippen molar-refractivity contribution in [2.24, 2.45) is 0 Å². The van der Waals surface area contributed by atoms with Gasteiger partial charge in [0.15, 0.2) is 0 Å². The summed E-state index contributed by atoms with van der Waals surface area (Å²) in [6, 6.07) is 11.2. The molecule has 2 rings (SSSR count). The third-order valence-electron chi connectivity index (χ3n) is 3.06. The number of carbonyl (C=O) groups is 2. The van der Waals surface area contributed by atoms with E-state index in [-0.39, 0.29) is 5.91 Å². The van der Waals surface area contributed by atoms with E-state index in [0.717, 1.165) is 6.42 Å². The Hall–Kier alpha value is -2.24. The predicted octanol–water partition coefficient (Wildman–Crippen LogP) is 5.38. The smallest absolute Gasteiger partial charge is 0.323 e. The highest BCUT2D eigenvalue weighted by Crippen LogP contribution is 2.26. The topological polar surface area (TPSA) is 70.2 Å². The van der Waals surface area contributed by atoms with Crippen molar-refractivity contribution >= 4 is 52.2 Å². The minimum Gasteiger partial charge on any atom is -0.326 e. The van der Waals surface area contributed by atoms with Crippen molar-refractivity contribution < 1.29 is 9.59 Å². The molecule has 126 valence electrons. The molecule has 0 unspecified atom stereocenters. The average molecular weight is 366 g/mol. The van der Waals surface area contributed by atoms with E-state index in [4.69, 9.17) is 23.2 Å². The summed E-state index contributed by atoms with van der Waals surface area (Å²) in [5.74, 6) is -0.0887. The van der Waals surface area contributed by atoms with Gasteiger partial charge in [-0.3, -0.25) is 4.79 Å². The van der Waals surface area contributed by atoms with E-state index < -0.39 is 6.03 Å². The summed E-state index contributed by atoms with van der Waals surface area (Å²) in [5.41, 5.74) is 1.52. The first-order chi connectivity index (χ1) is 11.5. The average Bonchev–Trinajstić information content (AvgIpc) is 2.51. The molecule has 5 nitrogen and oxygen atoms in total. The number of anilines is 3. The highest BCUT2D eigenvalue weighted by molar-refractivity contribution is 6.34. The fraction of sp³-hybridized carbons (Fsp3) is 0.176. The Labute approximate surface area is 150 Å². The summed E-state index contributed by atoms with van der Waals surface area (Å²) >= 11 is 12.0. The zero-order valence-electron chi connectivity index (χ0n) is 13.0. The monoisotopic (exact) mass is 365 g/mol. The Bertz CT molecular complexity index is 750. The number of rotatable bonds is 5. The lowest BCUT2D eigenvalue weighted by Gasteiger charge is -2.11. The number of hydrogen-bond acceptors (Lipinski definition) is 2. The molecule has 0 radical (unpaired) electrons. The zero-order chi connectivity index (χ0) is 17.5. The van der Waals surface area contributed by atoms with Crippen LogP contribution in [0.3, 0.4) is 0 Å². The second-order valence-electron chi connectivity index (χ2n) is 5.08. The van der Waals surface area contributed by atoms with Crippen LogP contribution >= 0.6 is 23.2 Å². The van der Waals surface area contributed by atoms with Crippen molar-refractivity contribution in [2.75, 3.05) is 16.0 Å². The molecule has 0 bridgehead atoms. The van der Waals surface area contributed by atoms with Gasteiger partial charge in [-0.05, 0) is 42.8 Å². The van der Waals surface area contributed by atoms with Gasteiger partial charge in [-0.2, -0.15) is 0 Å². The number of urea groups is 1. The Balaban J connectivity index is 2.05. The molecule has 0 aromatic heterocycles. The van der Waals surface area contributed by atoms with Crippen molar-refractivity contribution in [3.05, 3.63) is 52.5 Å². The van der Waals surface area contributed by atoms with Crippen LogP contribution in [0.1, 0.15) is 19.8 Å². The van der Waals surface area contributed by atoms with Gasteiger partial charge in [0.25, 0.3) is 0 Å². The van der Waals surface area contributed by atoms with E-state index in [2.05, 4.69) is 16.0 Å². The minimum atomic E-state index is -0.462. The number of hydrogen-bond donors (Lipinski definition) is 3. The summed E-state index contributed by atoms with van der Waals surface area (Å²) in [4.78, 5) is 23.7. The van der Waals surface area contributed by atoms with Crippen molar-refractivity contribution in [3.63, 3.8) is 0 Å². The van der Waals surface area contributed by atoms with Crippen LogP contribution in [0.5, 0.6) is 0 Å². The van der Waals surface area contributed by atoms with Gasteiger partial charge < -0.3 is 16.0 Å². The van der Waals surface area contributed by atoms with Gasteiger partial charge in [0.05, 0.1) is 10.7 Å². The minimum absolute atomic E-state index is 0.0887. The van der Waals surface area contributed by atoms with Crippen LogP contribution in [0.2, 0.25) is 10.0 Å². The maximum atomic E-state index is 12.1. The van der Waals surface area contributed by atoms with Crippen molar-refractivity contribution in [1.82, 2.24) is 0 Å². The van der Waals surface area contributed by atoms with Crippen molar-refractivity contribution in [3.8, 4) is 0 Å². The van der Waals surface area contributed by atoms with Crippen LogP contribution in [0.15, 0.2) is 42.5 Å². The van der Waals surface area contributed by atoms with Gasteiger partial charge in [0, 0.05) is 22.8 Å². The first kappa shape index (κ1) is 18.1. The molecular formula is C17H17Cl2N3O2. The molecule has 0 aliphatic rings. The molecule has 0 spiro atoms. The van der Waals surface area contributed by atoms with Gasteiger partial charge in [-0.25, -0.2) is 4.79 Å². The second-order valence-corrected chi connectivity index (χ2v) is 5.93. The second kappa shape index (κ2) is 8.57. The number of amides is 3. The van der Waals surface area contributed by atoms with Crippen LogP contribution in [-0.2, 0) is 4.79 Å². The summed E-state index contributed by atoms with van der Waals surface area (Å²) in [5, 5.41) is 8.95. The summed E-state index contributed by atoms with van der Waals surface area (Å²) in [7, 11) is 0. The number of nitrogens with one attached hydrogen (secondary N) is 3. The van der Waals surface area contributed by atoms with Crippen molar-refractivity contribution in [2.45, 2.75) is 19.8 Å². The number of carbonyl (C=O) groups excluding carboxylic acids is 2. The Morgan fingerprint density at radius 2 is 1.71 bits per heavy atom. The van der Waals surface area contributed by atoms with Gasteiger partial charge >= 0.3 is 6.03 Å². The Kier molecular flexibility index (Phi) is 6.46. The maximum absolute atomic E-state index is 12.1. The molecule has 7 heteroatoms. The molecule has 0 aliphatic heterocycles. The van der Waals surface area contributed by atoms with E-state index in [1.165, 1.54) is 0 Å². The first-order valence-electron chi connectivity index (χ1n) is 7.41. The molecular weight excluding hydrogens is 349 g/mol. The van der Waals surface area contributed by atoms with Gasteiger partial charge in [0.2, 0.25) is 5.91 Å². The first-order valence-corrected chi connectivity index (χ1v) is 8.16. The van der Waals surface area contributed by atoms with E-state index in [0.29, 0.717) is 33.5 Å². The fourth-order valence-corrected chi connectivity index (χ4v) is 2.36. The molecule has 0 saturated heterocycles. The molecule has 0 heterocycles. The van der Waals surface area contributed by atoms with Crippen LogP contribution in [-0.4, -0.2) is 11.9 Å². The lowest BCUT2D eigenvalue weighted by atomic mass is 10.2. The number of halogens is 2. The van der Waals surface area contributed by atoms with Gasteiger partial charge in [0.1, 0.15) is 0 Å². The third kappa shape index (κ3) is 5.44. The normalized spacial score (nSPS) is 10.1. The molecule has 0 saturated carbocycles.